The Bertz CT molecular complexity index is 716. The van der Waals surface area contributed by atoms with Gasteiger partial charge in [-0.2, -0.15) is 0 Å². The van der Waals surface area contributed by atoms with Crippen LogP contribution in [0.15, 0.2) is 30.3 Å². The van der Waals surface area contributed by atoms with Gasteiger partial charge in [-0.3, -0.25) is 0 Å². The fourth-order valence-corrected chi connectivity index (χ4v) is 2.44. The summed E-state index contributed by atoms with van der Waals surface area (Å²) in [6.45, 7) is 0. The minimum absolute atomic E-state index is 0.111. The van der Waals surface area contributed by atoms with E-state index in [1.54, 1.807) is 26.4 Å². The number of aromatic hydroxyl groups is 1. The molecule has 0 atom stereocenters. The van der Waals surface area contributed by atoms with Crippen LogP contribution in [0.5, 0.6) is 23.0 Å². The van der Waals surface area contributed by atoms with E-state index in [0.717, 1.165) is 5.56 Å². The highest BCUT2D eigenvalue weighted by Gasteiger charge is 2.19. The van der Waals surface area contributed by atoms with Gasteiger partial charge in [0, 0.05) is 12.1 Å². The molecule has 0 heterocycles. The standard InChI is InChI=1S/C18H20O6/c1-21-13-6-11(7-14(9-13)22-2)5-12-8-15(23-3)10-16(19)17(12)18(20)24-4/h6-10,19H,5H2,1-4H3. The van der Waals surface area contributed by atoms with Crippen LogP contribution >= 0.6 is 0 Å². The maximum Gasteiger partial charge on any atom is 0.341 e. The van der Waals surface area contributed by atoms with Crippen molar-refractivity contribution in [3.63, 3.8) is 0 Å². The van der Waals surface area contributed by atoms with Crippen LogP contribution in [0.25, 0.3) is 0 Å². The lowest BCUT2D eigenvalue weighted by Crippen LogP contribution is -2.07. The highest BCUT2D eigenvalue weighted by molar-refractivity contribution is 5.94. The lowest BCUT2D eigenvalue weighted by atomic mass is 9.98. The molecule has 0 saturated heterocycles. The van der Waals surface area contributed by atoms with Crippen molar-refractivity contribution >= 4 is 5.97 Å². The third-order valence-electron chi connectivity index (χ3n) is 3.60. The number of phenolic OH excluding ortho intramolecular Hbond substituents is 1. The molecule has 0 spiro atoms. The monoisotopic (exact) mass is 332 g/mol. The molecule has 0 aromatic heterocycles. The van der Waals surface area contributed by atoms with E-state index in [1.165, 1.54) is 20.3 Å². The molecule has 0 saturated carbocycles. The van der Waals surface area contributed by atoms with Crippen molar-refractivity contribution in [1.29, 1.82) is 0 Å². The fraction of sp³-hybridized carbons (Fsp3) is 0.278. The Hall–Kier alpha value is -2.89. The van der Waals surface area contributed by atoms with Crippen molar-refractivity contribution in [1.82, 2.24) is 0 Å². The molecule has 0 fully saturated rings. The summed E-state index contributed by atoms with van der Waals surface area (Å²) in [6, 6.07) is 8.49. The van der Waals surface area contributed by atoms with Gasteiger partial charge in [0.05, 0.1) is 28.4 Å². The van der Waals surface area contributed by atoms with Crippen LogP contribution in [0.4, 0.5) is 0 Å². The summed E-state index contributed by atoms with van der Waals surface area (Å²) in [5, 5.41) is 10.2. The van der Waals surface area contributed by atoms with Gasteiger partial charge in [-0.25, -0.2) is 4.79 Å². The zero-order valence-corrected chi connectivity index (χ0v) is 14.1. The topological polar surface area (TPSA) is 74.2 Å². The van der Waals surface area contributed by atoms with Crippen LogP contribution in [0.2, 0.25) is 0 Å². The normalized spacial score (nSPS) is 10.2. The van der Waals surface area contributed by atoms with Gasteiger partial charge in [0.2, 0.25) is 0 Å². The Kier molecular flexibility index (Phi) is 5.52. The number of hydrogen-bond acceptors (Lipinski definition) is 6. The number of hydrogen-bond donors (Lipinski definition) is 1. The molecule has 0 radical (unpaired) electrons. The molecule has 128 valence electrons. The van der Waals surface area contributed by atoms with Gasteiger partial charge in [-0.05, 0) is 35.7 Å². The Morgan fingerprint density at radius 3 is 1.92 bits per heavy atom. The molecule has 2 aromatic rings. The number of phenols is 1. The second-order valence-electron chi connectivity index (χ2n) is 5.07. The Morgan fingerprint density at radius 2 is 1.42 bits per heavy atom. The second kappa shape index (κ2) is 7.59. The third-order valence-corrected chi connectivity index (χ3v) is 3.60. The van der Waals surface area contributed by atoms with Crippen LogP contribution in [-0.2, 0) is 11.2 Å². The van der Waals surface area contributed by atoms with Crippen LogP contribution < -0.4 is 14.2 Å². The maximum absolute atomic E-state index is 12.0. The van der Waals surface area contributed by atoms with Crippen molar-refractivity contribution in [2.75, 3.05) is 28.4 Å². The van der Waals surface area contributed by atoms with Crippen molar-refractivity contribution in [3.8, 4) is 23.0 Å². The summed E-state index contributed by atoms with van der Waals surface area (Å²) in [4.78, 5) is 12.0. The van der Waals surface area contributed by atoms with E-state index in [-0.39, 0.29) is 11.3 Å². The number of methoxy groups -OCH3 is 4. The summed E-state index contributed by atoms with van der Waals surface area (Å²) in [5.41, 5.74) is 1.54. The number of benzene rings is 2. The molecule has 2 rings (SSSR count). The van der Waals surface area contributed by atoms with E-state index in [0.29, 0.717) is 29.2 Å². The smallest absolute Gasteiger partial charge is 0.341 e. The maximum atomic E-state index is 12.0. The number of carbonyl (C=O) groups excluding carboxylic acids is 1. The predicted molar refractivity (Wildman–Crippen MR) is 88.4 cm³/mol. The SMILES string of the molecule is COC(=O)c1c(O)cc(OC)cc1Cc1cc(OC)cc(OC)c1. The largest absolute Gasteiger partial charge is 0.507 e. The van der Waals surface area contributed by atoms with E-state index < -0.39 is 5.97 Å². The lowest BCUT2D eigenvalue weighted by molar-refractivity contribution is 0.0596. The first-order chi connectivity index (χ1) is 11.5. The van der Waals surface area contributed by atoms with Gasteiger partial charge < -0.3 is 24.1 Å². The number of ether oxygens (including phenoxy) is 4. The van der Waals surface area contributed by atoms with Crippen LogP contribution in [0, 0.1) is 0 Å². The fourth-order valence-electron chi connectivity index (χ4n) is 2.44. The van der Waals surface area contributed by atoms with E-state index in [4.69, 9.17) is 18.9 Å². The van der Waals surface area contributed by atoms with Crippen LogP contribution in [-0.4, -0.2) is 39.5 Å². The molecule has 1 N–H and O–H groups in total. The third kappa shape index (κ3) is 3.71. The minimum Gasteiger partial charge on any atom is -0.507 e. The molecule has 0 unspecified atom stereocenters. The zero-order valence-electron chi connectivity index (χ0n) is 14.1. The lowest BCUT2D eigenvalue weighted by Gasteiger charge is -2.13. The number of carbonyl (C=O) groups is 1. The Morgan fingerprint density at radius 1 is 0.875 bits per heavy atom. The summed E-state index contributed by atoms with van der Waals surface area (Å²) in [7, 11) is 5.89. The first-order valence-corrected chi connectivity index (χ1v) is 7.22. The summed E-state index contributed by atoms with van der Waals surface area (Å²) < 4.78 is 20.5. The molecule has 0 amide bonds. The molecule has 0 aliphatic heterocycles. The van der Waals surface area contributed by atoms with Gasteiger partial charge in [-0.15, -0.1) is 0 Å². The molecule has 24 heavy (non-hydrogen) atoms. The first-order valence-electron chi connectivity index (χ1n) is 7.22. The number of esters is 1. The van der Waals surface area contributed by atoms with E-state index in [2.05, 4.69) is 0 Å². The van der Waals surface area contributed by atoms with E-state index in [9.17, 15) is 9.90 Å². The average molecular weight is 332 g/mol. The van der Waals surface area contributed by atoms with Crippen molar-refractivity contribution in [2.24, 2.45) is 0 Å². The molecular weight excluding hydrogens is 312 g/mol. The molecule has 6 heteroatoms. The van der Waals surface area contributed by atoms with Crippen molar-refractivity contribution < 1.29 is 28.8 Å². The highest BCUT2D eigenvalue weighted by atomic mass is 16.5. The molecular formula is C18H20O6. The molecule has 0 aliphatic rings. The van der Waals surface area contributed by atoms with Crippen molar-refractivity contribution in [3.05, 3.63) is 47.0 Å². The summed E-state index contributed by atoms with van der Waals surface area (Å²) >= 11 is 0. The number of rotatable bonds is 6. The van der Waals surface area contributed by atoms with Gasteiger partial charge >= 0.3 is 5.97 Å². The second-order valence-corrected chi connectivity index (χ2v) is 5.07. The van der Waals surface area contributed by atoms with Gasteiger partial charge in [0.1, 0.15) is 28.6 Å². The van der Waals surface area contributed by atoms with E-state index >= 15 is 0 Å². The minimum atomic E-state index is -0.611. The van der Waals surface area contributed by atoms with Gasteiger partial charge in [-0.1, -0.05) is 0 Å². The Labute approximate surface area is 140 Å². The van der Waals surface area contributed by atoms with Crippen LogP contribution in [0.1, 0.15) is 21.5 Å². The molecule has 0 bridgehead atoms. The zero-order chi connectivity index (χ0) is 17.7. The predicted octanol–water partition coefficient (Wildman–Crippen LogP) is 2.80. The van der Waals surface area contributed by atoms with E-state index in [1.807, 2.05) is 12.1 Å². The average Bonchev–Trinajstić information content (AvgIpc) is 2.60. The summed E-state index contributed by atoms with van der Waals surface area (Å²) in [6.07, 6.45) is 0.364. The molecule has 0 aliphatic carbocycles. The van der Waals surface area contributed by atoms with Crippen molar-refractivity contribution in [2.45, 2.75) is 6.42 Å². The van der Waals surface area contributed by atoms with Gasteiger partial charge in [0.15, 0.2) is 0 Å². The summed E-state index contributed by atoms with van der Waals surface area (Å²) in [5.74, 6) is 0.920. The van der Waals surface area contributed by atoms with Gasteiger partial charge in [0.25, 0.3) is 0 Å². The Balaban J connectivity index is 2.52. The molecule has 2 aromatic carbocycles. The highest BCUT2D eigenvalue weighted by Crippen LogP contribution is 2.32. The van der Waals surface area contributed by atoms with Crippen LogP contribution in [0.3, 0.4) is 0 Å². The first kappa shape index (κ1) is 17.5. The molecule has 6 nitrogen and oxygen atoms in total. The quantitative estimate of drug-likeness (QED) is 0.820.